The van der Waals surface area contributed by atoms with Crippen LogP contribution < -0.4 is 0 Å². The van der Waals surface area contributed by atoms with Crippen molar-refractivity contribution in [3.05, 3.63) is 22.4 Å². The van der Waals surface area contributed by atoms with Gasteiger partial charge in [0.15, 0.2) is 0 Å². The fourth-order valence-corrected chi connectivity index (χ4v) is 2.53. The van der Waals surface area contributed by atoms with Crippen molar-refractivity contribution < 1.29 is 15.0 Å². The monoisotopic (exact) mass is 241 g/mol. The van der Waals surface area contributed by atoms with E-state index in [0.717, 1.165) is 6.42 Å². The predicted molar refractivity (Wildman–Crippen MR) is 61.2 cm³/mol. The summed E-state index contributed by atoms with van der Waals surface area (Å²) in [6.07, 6.45) is -0.393. The predicted octanol–water partition coefficient (Wildman–Crippen LogP) is 0.245. The molecule has 1 aliphatic heterocycles. The zero-order chi connectivity index (χ0) is 11.5. The van der Waals surface area contributed by atoms with Gasteiger partial charge in [-0.1, -0.05) is 6.07 Å². The normalized spacial score (nSPS) is 25.0. The van der Waals surface area contributed by atoms with Crippen LogP contribution in [0.4, 0.5) is 0 Å². The molecule has 0 saturated carbocycles. The number of β-amino-alcohol motifs (C(OH)–C–C–N with tert-alkyl or cyclic N) is 2. The second kappa shape index (κ2) is 4.95. The second-order valence-electron chi connectivity index (χ2n) is 4.01. The minimum Gasteiger partial charge on any atom is -0.388 e. The van der Waals surface area contributed by atoms with Gasteiger partial charge in [0.2, 0.25) is 5.91 Å². The highest BCUT2D eigenvalue weighted by Gasteiger charge is 2.31. The van der Waals surface area contributed by atoms with Crippen LogP contribution in [0.1, 0.15) is 11.3 Å². The fraction of sp³-hybridized carbons (Fsp3) is 0.545. The molecule has 5 heteroatoms. The number of carbonyl (C=O) groups is 1. The molecule has 0 radical (unpaired) electrons. The number of likely N-dealkylation sites (tertiary alicyclic amines) is 1. The third kappa shape index (κ3) is 2.61. The average Bonchev–Trinajstić information content (AvgIpc) is 2.86. The van der Waals surface area contributed by atoms with Gasteiger partial charge in [-0.25, -0.2) is 0 Å². The lowest BCUT2D eigenvalue weighted by molar-refractivity contribution is -0.130. The number of aliphatic hydroxyl groups is 2. The molecule has 16 heavy (non-hydrogen) atoms. The molecule has 2 rings (SSSR count). The van der Waals surface area contributed by atoms with E-state index in [1.165, 1.54) is 9.78 Å². The zero-order valence-corrected chi connectivity index (χ0v) is 9.69. The minimum absolute atomic E-state index is 0.00370. The van der Waals surface area contributed by atoms with Gasteiger partial charge in [-0.3, -0.25) is 4.79 Å². The summed E-state index contributed by atoms with van der Waals surface area (Å²) in [6.45, 7) is 0.509. The standard InChI is InChI=1S/C11H15NO3S/c13-9-6-12(7-10(9)14)11(15)4-3-8-2-1-5-16-8/h1-2,5,9-10,13-14H,3-4,6-7H2/t9-,10+. The number of carbonyl (C=O) groups excluding carboxylic acids is 1. The Labute approximate surface area is 98.1 Å². The van der Waals surface area contributed by atoms with E-state index in [0.29, 0.717) is 6.42 Å². The van der Waals surface area contributed by atoms with E-state index < -0.39 is 12.2 Å². The third-order valence-corrected chi connectivity index (χ3v) is 3.71. The summed E-state index contributed by atoms with van der Waals surface area (Å²) >= 11 is 1.64. The minimum atomic E-state index is -0.786. The van der Waals surface area contributed by atoms with Gasteiger partial charge in [-0.2, -0.15) is 0 Å². The Kier molecular flexibility index (Phi) is 3.58. The molecular weight excluding hydrogens is 226 g/mol. The smallest absolute Gasteiger partial charge is 0.223 e. The molecule has 0 bridgehead atoms. The summed E-state index contributed by atoms with van der Waals surface area (Å²) in [5, 5.41) is 20.6. The number of rotatable bonds is 3. The van der Waals surface area contributed by atoms with Crippen molar-refractivity contribution >= 4 is 17.2 Å². The maximum Gasteiger partial charge on any atom is 0.223 e. The molecule has 1 fully saturated rings. The molecule has 1 aromatic rings. The van der Waals surface area contributed by atoms with Crippen molar-refractivity contribution in [1.29, 1.82) is 0 Å². The van der Waals surface area contributed by atoms with E-state index in [4.69, 9.17) is 0 Å². The van der Waals surface area contributed by atoms with Crippen LogP contribution in [-0.4, -0.2) is 46.3 Å². The van der Waals surface area contributed by atoms with Crippen molar-refractivity contribution in [3.63, 3.8) is 0 Å². The van der Waals surface area contributed by atoms with Gasteiger partial charge in [0.05, 0.1) is 12.2 Å². The van der Waals surface area contributed by atoms with E-state index in [2.05, 4.69) is 0 Å². The van der Waals surface area contributed by atoms with Crippen LogP contribution >= 0.6 is 11.3 Å². The van der Waals surface area contributed by atoms with Crippen LogP contribution in [0.5, 0.6) is 0 Å². The number of hydrogen-bond acceptors (Lipinski definition) is 4. The van der Waals surface area contributed by atoms with Gasteiger partial charge in [0.1, 0.15) is 0 Å². The molecule has 2 N–H and O–H groups in total. The summed E-state index contributed by atoms with van der Waals surface area (Å²) in [4.78, 5) is 14.5. The van der Waals surface area contributed by atoms with E-state index in [1.54, 1.807) is 11.3 Å². The van der Waals surface area contributed by atoms with Crippen molar-refractivity contribution in [3.8, 4) is 0 Å². The summed E-state index contributed by atoms with van der Waals surface area (Å²) in [5.74, 6) is 0.00370. The number of amides is 1. The fourth-order valence-electron chi connectivity index (χ4n) is 1.82. The summed E-state index contributed by atoms with van der Waals surface area (Å²) in [6, 6.07) is 3.97. The third-order valence-electron chi connectivity index (χ3n) is 2.78. The molecule has 1 aliphatic rings. The second-order valence-corrected chi connectivity index (χ2v) is 5.05. The molecule has 88 valence electrons. The molecule has 2 atom stereocenters. The molecule has 1 saturated heterocycles. The van der Waals surface area contributed by atoms with Gasteiger partial charge >= 0.3 is 0 Å². The van der Waals surface area contributed by atoms with Gasteiger partial charge in [-0.15, -0.1) is 11.3 Å². The van der Waals surface area contributed by atoms with Crippen LogP contribution in [-0.2, 0) is 11.2 Å². The van der Waals surface area contributed by atoms with Crippen molar-refractivity contribution in [2.75, 3.05) is 13.1 Å². The van der Waals surface area contributed by atoms with Crippen molar-refractivity contribution in [2.45, 2.75) is 25.0 Å². The highest BCUT2D eigenvalue weighted by Crippen LogP contribution is 2.15. The molecular formula is C11H15NO3S. The highest BCUT2D eigenvalue weighted by molar-refractivity contribution is 7.09. The topological polar surface area (TPSA) is 60.8 Å². The molecule has 0 unspecified atom stereocenters. The Morgan fingerprint density at radius 1 is 1.44 bits per heavy atom. The maximum atomic E-state index is 11.7. The molecule has 1 amide bonds. The lowest BCUT2D eigenvalue weighted by Gasteiger charge is -2.14. The Hall–Kier alpha value is -0.910. The van der Waals surface area contributed by atoms with Crippen LogP contribution in [0, 0.1) is 0 Å². The first-order valence-electron chi connectivity index (χ1n) is 5.33. The van der Waals surface area contributed by atoms with E-state index in [-0.39, 0.29) is 19.0 Å². The van der Waals surface area contributed by atoms with Crippen molar-refractivity contribution in [2.24, 2.45) is 0 Å². The number of hydrogen-bond donors (Lipinski definition) is 2. The Morgan fingerprint density at radius 2 is 2.12 bits per heavy atom. The first-order valence-corrected chi connectivity index (χ1v) is 6.21. The lowest BCUT2D eigenvalue weighted by atomic mass is 10.2. The molecule has 1 aromatic heterocycles. The summed E-state index contributed by atoms with van der Waals surface area (Å²) in [7, 11) is 0. The number of thiophene rings is 1. The molecule has 0 aliphatic carbocycles. The number of aliphatic hydroxyl groups excluding tert-OH is 2. The van der Waals surface area contributed by atoms with E-state index in [9.17, 15) is 15.0 Å². The maximum absolute atomic E-state index is 11.7. The molecule has 0 aromatic carbocycles. The Balaban J connectivity index is 1.80. The number of aryl methyl sites for hydroxylation is 1. The molecule has 4 nitrogen and oxygen atoms in total. The summed E-state index contributed by atoms with van der Waals surface area (Å²) in [5.41, 5.74) is 0. The Bertz CT molecular complexity index is 342. The van der Waals surface area contributed by atoms with Gasteiger partial charge in [0, 0.05) is 24.4 Å². The van der Waals surface area contributed by atoms with Crippen LogP contribution in [0.25, 0.3) is 0 Å². The average molecular weight is 241 g/mol. The SMILES string of the molecule is O=C(CCc1cccs1)N1C[C@@H](O)[C@@H](O)C1. The number of nitrogens with zero attached hydrogens (tertiary/aromatic N) is 1. The Morgan fingerprint density at radius 3 is 2.69 bits per heavy atom. The van der Waals surface area contributed by atoms with Crippen LogP contribution in [0.15, 0.2) is 17.5 Å². The van der Waals surface area contributed by atoms with Gasteiger partial charge < -0.3 is 15.1 Å². The largest absolute Gasteiger partial charge is 0.388 e. The first-order chi connectivity index (χ1) is 7.66. The molecule has 2 heterocycles. The van der Waals surface area contributed by atoms with Crippen LogP contribution in [0.3, 0.4) is 0 Å². The van der Waals surface area contributed by atoms with Crippen LogP contribution in [0.2, 0.25) is 0 Å². The lowest BCUT2D eigenvalue weighted by Crippen LogP contribution is -2.29. The van der Waals surface area contributed by atoms with E-state index >= 15 is 0 Å². The summed E-state index contributed by atoms with van der Waals surface area (Å²) < 4.78 is 0. The van der Waals surface area contributed by atoms with Crippen molar-refractivity contribution in [1.82, 2.24) is 4.90 Å². The highest BCUT2D eigenvalue weighted by atomic mass is 32.1. The first kappa shape index (κ1) is 11.6. The zero-order valence-electron chi connectivity index (χ0n) is 8.87. The van der Waals surface area contributed by atoms with Gasteiger partial charge in [-0.05, 0) is 17.9 Å². The molecule has 0 spiro atoms. The van der Waals surface area contributed by atoms with E-state index in [1.807, 2.05) is 17.5 Å². The van der Waals surface area contributed by atoms with Gasteiger partial charge in [0.25, 0.3) is 0 Å². The quantitative estimate of drug-likeness (QED) is 0.797.